The molecule has 1 fully saturated rings. The summed E-state index contributed by atoms with van der Waals surface area (Å²) in [5.74, 6) is 3.24. The molecule has 2 atom stereocenters. The summed E-state index contributed by atoms with van der Waals surface area (Å²) in [5, 5.41) is 0. The molecule has 2 aliphatic rings. The van der Waals surface area contributed by atoms with Crippen LogP contribution in [0.1, 0.15) is 33.0 Å². The van der Waals surface area contributed by atoms with Gasteiger partial charge in [0.15, 0.2) is 11.5 Å². The van der Waals surface area contributed by atoms with Crippen molar-refractivity contribution in [2.75, 3.05) is 6.79 Å². The van der Waals surface area contributed by atoms with Gasteiger partial charge in [-0.25, -0.2) is 4.98 Å². The Kier molecular flexibility index (Phi) is 3.90. The van der Waals surface area contributed by atoms with Crippen LogP contribution in [-0.4, -0.2) is 33.6 Å². The lowest BCUT2D eigenvalue weighted by molar-refractivity contribution is -0.135. The second kappa shape index (κ2) is 6.10. The third-order valence-corrected chi connectivity index (χ3v) is 4.97. The first-order chi connectivity index (χ1) is 12.0. The molecule has 0 radical (unpaired) electrons. The van der Waals surface area contributed by atoms with Gasteiger partial charge < -0.3 is 19.4 Å². The minimum absolute atomic E-state index is 0.152. The molecule has 1 amide bonds. The van der Waals surface area contributed by atoms with Crippen LogP contribution in [0.5, 0.6) is 11.5 Å². The molecule has 0 saturated heterocycles. The highest BCUT2D eigenvalue weighted by Crippen LogP contribution is 2.40. The maximum Gasteiger partial charge on any atom is 0.231 e. The number of hydrogen-bond acceptors (Lipinski definition) is 4. The van der Waals surface area contributed by atoms with E-state index in [9.17, 15) is 4.79 Å². The molecule has 6 nitrogen and oxygen atoms in total. The van der Waals surface area contributed by atoms with E-state index in [4.69, 9.17) is 9.47 Å². The molecule has 1 saturated carbocycles. The molecule has 132 valence electrons. The van der Waals surface area contributed by atoms with E-state index >= 15 is 0 Å². The zero-order chi connectivity index (χ0) is 17.6. The fraction of sp³-hybridized carbons (Fsp3) is 0.474. The van der Waals surface area contributed by atoms with Gasteiger partial charge in [-0.15, -0.1) is 0 Å². The predicted octanol–water partition coefficient (Wildman–Crippen LogP) is 3.20. The number of amides is 1. The molecule has 0 bridgehead atoms. The number of imidazole rings is 1. The Labute approximate surface area is 147 Å². The van der Waals surface area contributed by atoms with E-state index in [2.05, 4.69) is 16.9 Å². The van der Waals surface area contributed by atoms with E-state index in [1.807, 2.05) is 36.9 Å². The van der Waals surface area contributed by atoms with Crippen LogP contribution in [0.15, 0.2) is 24.4 Å². The lowest BCUT2D eigenvalue weighted by Gasteiger charge is -2.26. The molecule has 0 spiro atoms. The van der Waals surface area contributed by atoms with Gasteiger partial charge in [-0.3, -0.25) is 4.79 Å². The molecule has 2 heterocycles. The number of H-pyrrole nitrogens is 1. The summed E-state index contributed by atoms with van der Waals surface area (Å²) in [6, 6.07) is 5.97. The molecule has 6 heteroatoms. The minimum Gasteiger partial charge on any atom is -0.454 e. The van der Waals surface area contributed by atoms with Crippen molar-refractivity contribution in [2.45, 2.75) is 39.8 Å². The smallest absolute Gasteiger partial charge is 0.231 e. The van der Waals surface area contributed by atoms with Crippen molar-refractivity contribution in [2.24, 2.45) is 11.8 Å². The maximum absolute atomic E-state index is 12.6. The van der Waals surface area contributed by atoms with E-state index in [1.165, 1.54) is 0 Å². The van der Waals surface area contributed by atoms with E-state index in [1.54, 1.807) is 6.20 Å². The Morgan fingerprint density at radius 3 is 2.84 bits per heavy atom. The van der Waals surface area contributed by atoms with E-state index < -0.39 is 0 Å². The molecular weight excluding hydrogens is 318 g/mol. The molecule has 1 aliphatic carbocycles. The van der Waals surface area contributed by atoms with Gasteiger partial charge in [-0.2, -0.15) is 0 Å². The van der Waals surface area contributed by atoms with Crippen molar-refractivity contribution in [1.29, 1.82) is 0 Å². The van der Waals surface area contributed by atoms with Crippen molar-refractivity contribution in [3.8, 4) is 22.8 Å². The summed E-state index contributed by atoms with van der Waals surface area (Å²) in [6.07, 6.45) is 2.80. The SMILES string of the molecule is CC1CC1C(=O)N(Cc1ncc(-c2ccc3c(c2)OCO3)[nH]1)C(C)C. The topological polar surface area (TPSA) is 67.5 Å². The zero-order valence-electron chi connectivity index (χ0n) is 14.8. The Morgan fingerprint density at radius 1 is 1.36 bits per heavy atom. The number of nitrogens with one attached hydrogen (secondary N) is 1. The number of carbonyl (C=O) groups is 1. The number of aromatic nitrogens is 2. The van der Waals surface area contributed by atoms with Gasteiger partial charge in [0, 0.05) is 17.5 Å². The molecule has 2 unspecified atom stereocenters. The summed E-state index contributed by atoms with van der Waals surface area (Å²) < 4.78 is 10.8. The summed E-state index contributed by atoms with van der Waals surface area (Å²) >= 11 is 0. The highest BCUT2D eigenvalue weighted by atomic mass is 16.7. The second-order valence-corrected chi connectivity index (χ2v) is 7.19. The Hall–Kier alpha value is -2.50. The maximum atomic E-state index is 12.6. The molecule has 4 rings (SSSR count). The number of benzene rings is 1. The highest BCUT2D eigenvalue weighted by Gasteiger charge is 2.42. The molecule has 25 heavy (non-hydrogen) atoms. The number of fused-ring (bicyclic) bond motifs is 1. The van der Waals surface area contributed by atoms with Gasteiger partial charge >= 0.3 is 0 Å². The number of rotatable bonds is 5. The molecule has 1 aromatic carbocycles. The van der Waals surface area contributed by atoms with Crippen LogP contribution >= 0.6 is 0 Å². The first-order valence-corrected chi connectivity index (χ1v) is 8.77. The predicted molar refractivity (Wildman–Crippen MR) is 93.1 cm³/mol. The summed E-state index contributed by atoms with van der Waals surface area (Å²) in [5.41, 5.74) is 1.89. The van der Waals surface area contributed by atoms with Crippen LogP contribution in [0.3, 0.4) is 0 Å². The third-order valence-electron chi connectivity index (χ3n) is 4.97. The van der Waals surface area contributed by atoms with E-state index in [-0.39, 0.29) is 24.7 Å². The van der Waals surface area contributed by atoms with Crippen LogP contribution in [0, 0.1) is 11.8 Å². The van der Waals surface area contributed by atoms with Crippen LogP contribution in [0.2, 0.25) is 0 Å². The molecule has 1 aromatic heterocycles. The summed E-state index contributed by atoms with van der Waals surface area (Å²) in [4.78, 5) is 22.3. The van der Waals surface area contributed by atoms with Gasteiger partial charge in [-0.1, -0.05) is 6.92 Å². The third kappa shape index (κ3) is 3.08. The fourth-order valence-corrected chi connectivity index (χ4v) is 3.21. The quantitative estimate of drug-likeness (QED) is 0.907. The average molecular weight is 341 g/mol. The van der Waals surface area contributed by atoms with E-state index in [0.29, 0.717) is 12.5 Å². The molecule has 2 aromatic rings. The first-order valence-electron chi connectivity index (χ1n) is 8.77. The van der Waals surface area contributed by atoms with Crippen LogP contribution in [0.25, 0.3) is 11.3 Å². The zero-order valence-corrected chi connectivity index (χ0v) is 14.8. The monoisotopic (exact) mass is 341 g/mol. The van der Waals surface area contributed by atoms with Gasteiger partial charge in [0.05, 0.1) is 18.4 Å². The van der Waals surface area contributed by atoms with Gasteiger partial charge in [-0.05, 0) is 44.4 Å². The Balaban J connectivity index is 1.51. The van der Waals surface area contributed by atoms with Crippen LogP contribution < -0.4 is 9.47 Å². The molecule has 1 aliphatic heterocycles. The number of carbonyl (C=O) groups excluding carboxylic acids is 1. The van der Waals surface area contributed by atoms with Crippen molar-refractivity contribution in [3.05, 3.63) is 30.2 Å². The molecule has 1 N–H and O–H groups in total. The minimum atomic E-state index is 0.152. The van der Waals surface area contributed by atoms with Gasteiger partial charge in [0.25, 0.3) is 0 Å². The second-order valence-electron chi connectivity index (χ2n) is 7.19. The van der Waals surface area contributed by atoms with Crippen molar-refractivity contribution < 1.29 is 14.3 Å². The van der Waals surface area contributed by atoms with Crippen molar-refractivity contribution in [3.63, 3.8) is 0 Å². The van der Waals surface area contributed by atoms with Crippen molar-refractivity contribution >= 4 is 5.91 Å². The van der Waals surface area contributed by atoms with Crippen LogP contribution in [-0.2, 0) is 11.3 Å². The Bertz CT molecular complexity index is 799. The lowest BCUT2D eigenvalue weighted by Crippen LogP contribution is -2.38. The van der Waals surface area contributed by atoms with Gasteiger partial charge in [0.2, 0.25) is 12.7 Å². The van der Waals surface area contributed by atoms with Crippen LogP contribution in [0.4, 0.5) is 0 Å². The number of hydrogen-bond donors (Lipinski definition) is 1. The highest BCUT2D eigenvalue weighted by molar-refractivity contribution is 5.81. The number of nitrogens with zero attached hydrogens (tertiary/aromatic N) is 2. The standard InChI is InChI=1S/C19H23N3O3/c1-11(2)22(19(23)14-6-12(14)3)9-18-20-8-15(21-18)13-4-5-16-17(7-13)25-10-24-16/h4-5,7-8,11-12,14H,6,9-10H2,1-3H3,(H,20,21). The Morgan fingerprint density at radius 2 is 2.12 bits per heavy atom. The first kappa shape index (κ1) is 16.0. The lowest BCUT2D eigenvalue weighted by atomic mass is 10.1. The number of ether oxygens (including phenoxy) is 2. The van der Waals surface area contributed by atoms with E-state index in [0.717, 1.165) is 35.0 Å². The number of aromatic amines is 1. The summed E-state index contributed by atoms with van der Waals surface area (Å²) in [6.45, 7) is 6.99. The largest absolute Gasteiger partial charge is 0.454 e. The molecular formula is C19H23N3O3. The normalized spacial score (nSPS) is 20.8. The summed E-state index contributed by atoms with van der Waals surface area (Å²) in [7, 11) is 0. The van der Waals surface area contributed by atoms with Crippen molar-refractivity contribution in [1.82, 2.24) is 14.9 Å². The fourth-order valence-electron chi connectivity index (χ4n) is 3.21. The van der Waals surface area contributed by atoms with Gasteiger partial charge in [0.1, 0.15) is 5.82 Å². The average Bonchev–Trinajstić information content (AvgIpc) is 3.02.